The van der Waals surface area contributed by atoms with Crippen LogP contribution < -0.4 is 5.43 Å². The van der Waals surface area contributed by atoms with E-state index in [4.69, 9.17) is 4.42 Å². The van der Waals surface area contributed by atoms with Crippen LogP contribution in [0.4, 0.5) is 0 Å². The third-order valence-corrected chi connectivity index (χ3v) is 4.50. The molecule has 4 rings (SSSR count). The summed E-state index contributed by atoms with van der Waals surface area (Å²) in [6, 6.07) is 20.9. The molecule has 0 radical (unpaired) electrons. The van der Waals surface area contributed by atoms with E-state index >= 15 is 0 Å². The van der Waals surface area contributed by atoms with Crippen molar-refractivity contribution >= 4 is 12.1 Å². The van der Waals surface area contributed by atoms with E-state index in [0.29, 0.717) is 17.0 Å². The fourth-order valence-electron chi connectivity index (χ4n) is 3.00. The number of aromatic nitrogens is 2. The summed E-state index contributed by atoms with van der Waals surface area (Å²) in [6.45, 7) is 3.77. The van der Waals surface area contributed by atoms with Crippen molar-refractivity contribution in [1.29, 1.82) is 0 Å². The number of para-hydroxylation sites is 1. The number of hydrazone groups is 1. The molecular weight excluding hydrogens is 364 g/mol. The van der Waals surface area contributed by atoms with Crippen molar-refractivity contribution < 1.29 is 9.21 Å². The zero-order valence-corrected chi connectivity index (χ0v) is 16.2. The number of benzene rings is 2. The van der Waals surface area contributed by atoms with Crippen molar-refractivity contribution in [3.05, 3.63) is 95.4 Å². The molecule has 0 bridgehead atoms. The minimum absolute atomic E-state index is 0.259. The van der Waals surface area contributed by atoms with Gasteiger partial charge in [-0.25, -0.2) is 10.1 Å². The predicted octanol–water partition coefficient (Wildman–Crippen LogP) is 4.51. The van der Waals surface area contributed by atoms with Gasteiger partial charge in [-0.05, 0) is 49.7 Å². The number of carbonyl (C=O) groups excluding carboxylic acids is 1. The van der Waals surface area contributed by atoms with Crippen molar-refractivity contribution in [1.82, 2.24) is 15.2 Å². The summed E-state index contributed by atoms with van der Waals surface area (Å²) < 4.78 is 7.51. The van der Waals surface area contributed by atoms with Crippen LogP contribution in [0.15, 0.2) is 82.4 Å². The standard InChI is InChI=1S/C23H20N4O2/c1-16-8-6-7-11-20(16)23(28)25-24-14-18-15-27(19-9-4-3-5-10-19)26-22(18)21-13-12-17(2)29-21/h3-15H,1-2H3,(H,25,28)/b24-14+. The SMILES string of the molecule is Cc1ccc(-c2nn(-c3ccccc3)cc2/C=N/NC(=O)c2ccccc2C)o1. The van der Waals surface area contributed by atoms with Crippen molar-refractivity contribution in [3.63, 3.8) is 0 Å². The van der Waals surface area contributed by atoms with Crippen molar-refractivity contribution in [2.45, 2.75) is 13.8 Å². The number of carbonyl (C=O) groups is 1. The van der Waals surface area contributed by atoms with Crippen molar-refractivity contribution in [3.8, 4) is 17.1 Å². The Balaban J connectivity index is 1.63. The van der Waals surface area contributed by atoms with Gasteiger partial charge in [0.2, 0.25) is 0 Å². The number of rotatable bonds is 5. The molecule has 2 heterocycles. The second-order valence-electron chi connectivity index (χ2n) is 6.64. The highest BCUT2D eigenvalue weighted by molar-refractivity contribution is 5.96. The third-order valence-electron chi connectivity index (χ3n) is 4.50. The lowest BCUT2D eigenvalue weighted by atomic mass is 10.1. The van der Waals surface area contributed by atoms with Crippen molar-refractivity contribution in [2.24, 2.45) is 5.10 Å². The van der Waals surface area contributed by atoms with Crippen LogP contribution in [0.2, 0.25) is 0 Å². The molecule has 29 heavy (non-hydrogen) atoms. The molecule has 1 amide bonds. The number of nitrogens with zero attached hydrogens (tertiary/aromatic N) is 3. The van der Waals surface area contributed by atoms with Crippen LogP contribution in [0.1, 0.15) is 27.2 Å². The van der Waals surface area contributed by atoms with Gasteiger partial charge >= 0.3 is 0 Å². The van der Waals surface area contributed by atoms with E-state index in [1.54, 1.807) is 17.0 Å². The van der Waals surface area contributed by atoms with Gasteiger partial charge in [0.25, 0.3) is 5.91 Å². The molecular formula is C23H20N4O2. The molecule has 0 saturated heterocycles. The molecule has 2 aromatic carbocycles. The predicted molar refractivity (Wildman–Crippen MR) is 112 cm³/mol. The minimum Gasteiger partial charge on any atom is -0.460 e. The van der Waals surface area contributed by atoms with Gasteiger partial charge in [0.15, 0.2) is 5.76 Å². The first kappa shape index (κ1) is 18.4. The lowest BCUT2D eigenvalue weighted by Gasteiger charge is -2.02. The maximum atomic E-state index is 12.4. The summed E-state index contributed by atoms with van der Waals surface area (Å²) in [4.78, 5) is 12.4. The molecule has 0 atom stereocenters. The molecule has 0 unspecified atom stereocenters. The molecule has 1 N–H and O–H groups in total. The summed E-state index contributed by atoms with van der Waals surface area (Å²) in [6.07, 6.45) is 3.43. The third kappa shape index (κ3) is 4.01. The second kappa shape index (κ2) is 7.98. The van der Waals surface area contributed by atoms with E-state index in [1.165, 1.54) is 0 Å². The van der Waals surface area contributed by atoms with Gasteiger partial charge in [0.1, 0.15) is 11.5 Å². The Morgan fingerprint density at radius 2 is 1.79 bits per heavy atom. The smallest absolute Gasteiger partial charge is 0.271 e. The van der Waals surface area contributed by atoms with Crippen LogP contribution in [0.5, 0.6) is 0 Å². The Labute approximate surface area is 168 Å². The summed E-state index contributed by atoms with van der Waals surface area (Å²) in [5.41, 5.74) is 6.36. The van der Waals surface area contributed by atoms with Gasteiger partial charge in [0.05, 0.1) is 11.9 Å². The normalized spacial score (nSPS) is 11.1. The average Bonchev–Trinajstić information content (AvgIpc) is 3.35. The zero-order chi connectivity index (χ0) is 20.2. The van der Waals surface area contributed by atoms with Crippen LogP contribution >= 0.6 is 0 Å². The Bertz CT molecular complexity index is 1170. The summed E-state index contributed by atoms with van der Waals surface area (Å²) in [5.74, 6) is 1.18. The van der Waals surface area contributed by atoms with E-state index in [9.17, 15) is 4.79 Å². The molecule has 0 aliphatic heterocycles. The topological polar surface area (TPSA) is 72.4 Å². The lowest BCUT2D eigenvalue weighted by Crippen LogP contribution is -2.18. The Morgan fingerprint density at radius 1 is 1.03 bits per heavy atom. The van der Waals surface area contributed by atoms with E-state index in [1.807, 2.05) is 80.7 Å². The number of hydrogen-bond acceptors (Lipinski definition) is 4. The summed E-state index contributed by atoms with van der Waals surface area (Å²) >= 11 is 0. The van der Waals surface area contributed by atoms with Gasteiger partial charge < -0.3 is 4.42 Å². The fourth-order valence-corrected chi connectivity index (χ4v) is 3.00. The first-order valence-corrected chi connectivity index (χ1v) is 9.23. The van der Waals surface area contributed by atoms with Crippen LogP contribution in [0.3, 0.4) is 0 Å². The van der Waals surface area contributed by atoms with Gasteiger partial charge in [-0.3, -0.25) is 4.79 Å². The zero-order valence-electron chi connectivity index (χ0n) is 16.2. The lowest BCUT2D eigenvalue weighted by molar-refractivity contribution is 0.0954. The Hall–Kier alpha value is -3.93. The monoisotopic (exact) mass is 384 g/mol. The molecule has 0 fully saturated rings. The molecule has 0 saturated carbocycles. The Morgan fingerprint density at radius 3 is 2.52 bits per heavy atom. The molecule has 0 aliphatic rings. The van der Waals surface area contributed by atoms with E-state index in [-0.39, 0.29) is 5.91 Å². The maximum absolute atomic E-state index is 12.4. The highest BCUT2D eigenvalue weighted by Crippen LogP contribution is 2.24. The highest BCUT2D eigenvalue weighted by Gasteiger charge is 2.14. The van der Waals surface area contributed by atoms with Crippen molar-refractivity contribution in [2.75, 3.05) is 0 Å². The van der Waals surface area contributed by atoms with Gasteiger partial charge in [0, 0.05) is 17.3 Å². The molecule has 6 nitrogen and oxygen atoms in total. The number of amides is 1. The van der Waals surface area contributed by atoms with Crippen LogP contribution in [-0.2, 0) is 0 Å². The molecule has 2 aromatic heterocycles. The number of hydrogen-bond donors (Lipinski definition) is 1. The number of furan rings is 1. The van der Waals surface area contributed by atoms with Gasteiger partial charge in [-0.2, -0.15) is 10.2 Å². The molecule has 144 valence electrons. The van der Waals surface area contributed by atoms with E-state index in [0.717, 1.165) is 22.6 Å². The largest absolute Gasteiger partial charge is 0.460 e. The van der Waals surface area contributed by atoms with Gasteiger partial charge in [-0.15, -0.1) is 0 Å². The molecule has 6 heteroatoms. The molecule has 0 spiro atoms. The van der Waals surface area contributed by atoms with Crippen LogP contribution in [0.25, 0.3) is 17.1 Å². The minimum atomic E-state index is -0.259. The van der Waals surface area contributed by atoms with E-state index in [2.05, 4.69) is 15.6 Å². The van der Waals surface area contributed by atoms with Gasteiger partial charge in [-0.1, -0.05) is 36.4 Å². The second-order valence-corrected chi connectivity index (χ2v) is 6.64. The first-order valence-electron chi connectivity index (χ1n) is 9.23. The van der Waals surface area contributed by atoms with Crippen LogP contribution in [-0.4, -0.2) is 21.9 Å². The maximum Gasteiger partial charge on any atom is 0.271 e. The Kier molecular flexibility index (Phi) is 5.07. The fraction of sp³-hybridized carbons (Fsp3) is 0.0870. The highest BCUT2D eigenvalue weighted by atomic mass is 16.3. The molecule has 4 aromatic rings. The number of aryl methyl sites for hydroxylation is 2. The summed E-state index contributed by atoms with van der Waals surface area (Å²) in [7, 11) is 0. The van der Waals surface area contributed by atoms with Crippen LogP contribution in [0, 0.1) is 13.8 Å². The average molecular weight is 384 g/mol. The first-order chi connectivity index (χ1) is 14.1. The number of nitrogens with one attached hydrogen (secondary N) is 1. The van der Waals surface area contributed by atoms with E-state index < -0.39 is 0 Å². The summed E-state index contributed by atoms with van der Waals surface area (Å²) in [5, 5.41) is 8.79. The quantitative estimate of drug-likeness (QED) is 0.406. The molecule has 0 aliphatic carbocycles.